The number of carbonyl (C=O) groups is 3. The molecule has 0 fully saturated rings. The van der Waals surface area contributed by atoms with Gasteiger partial charge in [-0.25, -0.2) is 14.4 Å². The van der Waals surface area contributed by atoms with Gasteiger partial charge >= 0.3 is 17.9 Å². The summed E-state index contributed by atoms with van der Waals surface area (Å²) in [6, 6.07) is 39.7. The highest BCUT2D eigenvalue weighted by Crippen LogP contribution is 2.54. The highest BCUT2D eigenvalue weighted by Gasteiger charge is 2.44. The van der Waals surface area contributed by atoms with E-state index in [-0.39, 0.29) is 18.6 Å². The molecule has 1 atom stereocenters. The second-order valence-electron chi connectivity index (χ2n) is 17.0. The third kappa shape index (κ3) is 7.86. The Bertz CT molecular complexity index is 2840. The molecule has 1 aliphatic carbocycles. The van der Waals surface area contributed by atoms with E-state index in [4.69, 9.17) is 14.2 Å². The van der Waals surface area contributed by atoms with Crippen molar-refractivity contribution in [3.63, 3.8) is 0 Å². The normalized spacial score (nSPS) is 14.4. The molecule has 6 nitrogen and oxygen atoms in total. The number of benzene rings is 7. The van der Waals surface area contributed by atoms with Crippen LogP contribution in [-0.2, 0) is 45.8 Å². The Hall–Kier alpha value is -6.79. The van der Waals surface area contributed by atoms with Crippen LogP contribution < -0.4 is 0 Å². The molecule has 6 heteroatoms. The highest BCUT2D eigenvalue weighted by molar-refractivity contribution is 6.25. The molecule has 7 aromatic carbocycles. The fourth-order valence-electron chi connectivity index (χ4n) is 9.07. The first-order valence-electron chi connectivity index (χ1n) is 20.9. The molecule has 0 saturated heterocycles. The monoisotopic (exact) mass is 806 g/mol. The Morgan fingerprint density at radius 1 is 0.557 bits per heavy atom. The maximum Gasteiger partial charge on any atom is 0.330 e. The van der Waals surface area contributed by atoms with Crippen molar-refractivity contribution in [3.05, 3.63) is 169 Å². The van der Waals surface area contributed by atoms with Crippen LogP contribution in [0.4, 0.5) is 0 Å². The number of rotatable bonds is 15. The van der Waals surface area contributed by atoms with Gasteiger partial charge in [0.2, 0.25) is 0 Å². The number of hydrogen-bond acceptors (Lipinski definition) is 6. The molecule has 0 saturated carbocycles. The van der Waals surface area contributed by atoms with Gasteiger partial charge in [0.05, 0.1) is 18.6 Å². The lowest BCUT2D eigenvalue weighted by atomic mass is 9.74. The first-order chi connectivity index (χ1) is 29.4. The topological polar surface area (TPSA) is 78.9 Å². The zero-order valence-corrected chi connectivity index (χ0v) is 35.1. The molecule has 0 spiro atoms. The van der Waals surface area contributed by atoms with Crippen molar-refractivity contribution in [3.8, 4) is 33.4 Å². The first-order valence-corrected chi connectivity index (χ1v) is 20.9. The van der Waals surface area contributed by atoms with E-state index in [2.05, 4.69) is 150 Å². The maximum absolute atomic E-state index is 12.9. The van der Waals surface area contributed by atoms with Gasteiger partial charge in [-0.15, -0.1) is 0 Å². The van der Waals surface area contributed by atoms with E-state index in [1.54, 1.807) is 0 Å². The van der Waals surface area contributed by atoms with Gasteiger partial charge in [-0.3, -0.25) is 0 Å². The molecule has 306 valence electrons. The van der Waals surface area contributed by atoms with Crippen molar-refractivity contribution in [1.29, 1.82) is 0 Å². The zero-order valence-electron chi connectivity index (χ0n) is 35.1. The van der Waals surface area contributed by atoms with Crippen molar-refractivity contribution in [1.82, 2.24) is 0 Å². The molecule has 8 rings (SSSR count). The quantitative estimate of drug-likeness (QED) is 0.0337. The maximum atomic E-state index is 12.9. The van der Waals surface area contributed by atoms with Crippen LogP contribution in [0.3, 0.4) is 0 Å². The summed E-state index contributed by atoms with van der Waals surface area (Å²) in [5.41, 5.74) is 10.2. The highest BCUT2D eigenvalue weighted by atomic mass is 16.5. The van der Waals surface area contributed by atoms with Crippen LogP contribution >= 0.6 is 0 Å². The number of carbonyl (C=O) groups excluding carboxylic acids is 3. The standard InChI is InChI=1S/C55H50O6/c1-7-49(56)59-28-10-12-35-13-15-36(16-14-35)38-20-24-44-45-25-21-39(33-48(45)55(47(44)32-38,34-61-51(58)9-3)27-11-29-60-50(57)8-2)43-23-19-37-17-18-40-30-42(54(4,5)6)31-41-22-26-46(43)53(37)52(40)41/h7-9,13-26,30-33H,1-3,10-12,27-29,34H2,4-6H3. The molecule has 0 aliphatic heterocycles. The molecule has 0 N–H and O–H groups in total. The molecule has 1 aliphatic rings. The number of fused-ring (bicyclic) bond motifs is 3. The summed E-state index contributed by atoms with van der Waals surface area (Å²) in [7, 11) is 0. The second kappa shape index (κ2) is 16.7. The van der Waals surface area contributed by atoms with E-state index in [1.807, 2.05) is 0 Å². The molecule has 0 radical (unpaired) electrons. The van der Waals surface area contributed by atoms with Crippen molar-refractivity contribution < 1.29 is 28.6 Å². The van der Waals surface area contributed by atoms with Crippen molar-refractivity contribution >= 4 is 50.2 Å². The smallest absolute Gasteiger partial charge is 0.330 e. The van der Waals surface area contributed by atoms with Crippen LogP contribution in [0, 0.1) is 0 Å². The predicted octanol–water partition coefficient (Wildman–Crippen LogP) is 12.4. The van der Waals surface area contributed by atoms with Crippen molar-refractivity contribution in [2.75, 3.05) is 19.8 Å². The Kier molecular flexibility index (Phi) is 11.2. The fourth-order valence-corrected chi connectivity index (χ4v) is 9.07. The minimum absolute atomic E-state index is 0.0222. The molecule has 7 aromatic rings. The lowest BCUT2D eigenvalue weighted by molar-refractivity contribution is -0.139. The first kappa shape index (κ1) is 41.0. The van der Waals surface area contributed by atoms with Crippen LogP contribution in [0.1, 0.15) is 62.3 Å². The summed E-state index contributed by atoms with van der Waals surface area (Å²) in [5.74, 6) is -1.40. The van der Waals surface area contributed by atoms with Crippen molar-refractivity contribution in [2.45, 2.75) is 57.3 Å². The molecular weight excluding hydrogens is 757 g/mol. The third-order valence-corrected chi connectivity index (χ3v) is 12.2. The van der Waals surface area contributed by atoms with E-state index in [9.17, 15) is 14.4 Å². The van der Waals surface area contributed by atoms with Gasteiger partial charge in [-0.05, 0) is 131 Å². The Balaban J connectivity index is 1.23. The summed E-state index contributed by atoms with van der Waals surface area (Å²) in [4.78, 5) is 36.5. The molecule has 0 amide bonds. The van der Waals surface area contributed by atoms with Gasteiger partial charge in [0.15, 0.2) is 0 Å². The van der Waals surface area contributed by atoms with Crippen LogP contribution in [0.25, 0.3) is 65.7 Å². The van der Waals surface area contributed by atoms with Crippen LogP contribution in [0.2, 0.25) is 0 Å². The zero-order chi connectivity index (χ0) is 42.9. The van der Waals surface area contributed by atoms with Gasteiger partial charge < -0.3 is 14.2 Å². The van der Waals surface area contributed by atoms with Gasteiger partial charge in [0, 0.05) is 18.2 Å². The van der Waals surface area contributed by atoms with E-state index in [0.717, 1.165) is 56.5 Å². The number of aryl methyl sites for hydroxylation is 1. The summed E-state index contributed by atoms with van der Waals surface area (Å²) >= 11 is 0. The van der Waals surface area contributed by atoms with Crippen LogP contribution in [0.15, 0.2) is 147 Å². The average molecular weight is 807 g/mol. The van der Waals surface area contributed by atoms with Gasteiger partial charge in [0.25, 0.3) is 0 Å². The number of esters is 3. The summed E-state index contributed by atoms with van der Waals surface area (Å²) in [5, 5.41) is 7.37. The molecule has 0 aromatic heterocycles. The summed E-state index contributed by atoms with van der Waals surface area (Å²) < 4.78 is 16.7. The average Bonchev–Trinajstić information content (AvgIpc) is 3.54. The Labute approximate surface area is 357 Å². The van der Waals surface area contributed by atoms with E-state index < -0.39 is 23.3 Å². The van der Waals surface area contributed by atoms with Gasteiger partial charge in [-0.2, -0.15) is 0 Å². The second-order valence-corrected chi connectivity index (χ2v) is 17.0. The van der Waals surface area contributed by atoms with Gasteiger partial charge in [0.1, 0.15) is 6.61 Å². The van der Waals surface area contributed by atoms with E-state index >= 15 is 0 Å². The number of hydrogen-bond donors (Lipinski definition) is 0. The molecule has 0 bridgehead atoms. The number of ether oxygens (including phenoxy) is 3. The SMILES string of the molecule is C=CC(=O)OCCCc1ccc(-c2ccc3c(c2)C(CCCOC(=O)C=C)(COC(=O)C=C)c2cc(-c4ccc5ccc6cc(C(C)(C)C)cc7ccc4c5c67)ccc2-3)cc1. The van der Waals surface area contributed by atoms with E-state index in [1.165, 1.54) is 56.1 Å². The van der Waals surface area contributed by atoms with Crippen LogP contribution in [-0.4, -0.2) is 37.7 Å². The fraction of sp³-hybridized carbons (Fsp3) is 0.218. The minimum atomic E-state index is -0.772. The lowest BCUT2D eigenvalue weighted by Crippen LogP contribution is -2.33. The molecule has 61 heavy (non-hydrogen) atoms. The Morgan fingerprint density at radius 3 is 1.72 bits per heavy atom. The van der Waals surface area contributed by atoms with Crippen LogP contribution in [0.5, 0.6) is 0 Å². The van der Waals surface area contributed by atoms with Gasteiger partial charge in [-0.1, -0.05) is 138 Å². The summed E-state index contributed by atoms with van der Waals surface area (Å²) in [6.07, 6.45) is 6.08. The largest absolute Gasteiger partial charge is 0.463 e. The summed E-state index contributed by atoms with van der Waals surface area (Å²) in [6.45, 7) is 18.1. The molecular formula is C55H50O6. The molecule has 1 unspecified atom stereocenters. The third-order valence-electron chi connectivity index (χ3n) is 12.2. The van der Waals surface area contributed by atoms with Crippen molar-refractivity contribution in [2.24, 2.45) is 0 Å². The lowest BCUT2D eigenvalue weighted by Gasteiger charge is -2.32. The molecule has 0 heterocycles. The van der Waals surface area contributed by atoms with E-state index in [0.29, 0.717) is 25.9 Å². The minimum Gasteiger partial charge on any atom is -0.463 e. The predicted molar refractivity (Wildman–Crippen MR) is 247 cm³/mol. The Morgan fingerprint density at radius 2 is 1.08 bits per heavy atom.